The zero-order valence-electron chi connectivity index (χ0n) is 16.5. The first-order chi connectivity index (χ1) is 13.1. The van der Waals surface area contributed by atoms with Gasteiger partial charge in [0.05, 0.1) is 12.4 Å². The lowest BCUT2D eigenvalue weighted by Gasteiger charge is -2.07. The van der Waals surface area contributed by atoms with E-state index in [0.29, 0.717) is 6.42 Å². The fourth-order valence-corrected chi connectivity index (χ4v) is 3.40. The van der Waals surface area contributed by atoms with Crippen molar-refractivity contribution >= 4 is 23.6 Å². The van der Waals surface area contributed by atoms with Crippen molar-refractivity contribution in [2.24, 2.45) is 0 Å². The summed E-state index contributed by atoms with van der Waals surface area (Å²) in [5.74, 6) is 0.346. The van der Waals surface area contributed by atoms with Crippen LogP contribution in [-0.4, -0.2) is 29.3 Å². The van der Waals surface area contributed by atoms with Gasteiger partial charge < -0.3 is 15.7 Å². The first kappa shape index (κ1) is 23.3. The Hall–Kier alpha value is -1.69. The summed E-state index contributed by atoms with van der Waals surface area (Å²) in [6.45, 7) is 2.40. The van der Waals surface area contributed by atoms with E-state index in [4.69, 9.17) is 0 Å². The average molecular weight is 395 g/mol. The summed E-state index contributed by atoms with van der Waals surface area (Å²) in [7, 11) is 0. The number of hydrogen-bond donors (Lipinski definition) is 3. The number of nitrogens with one attached hydrogen (secondary N) is 2. The Labute approximate surface area is 167 Å². The van der Waals surface area contributed by atoms with Gasteiger partial charge in [0.15, 0.2) is 0 Å². The Balaban J connectivity index is 1.94. The number of rotatable bonds is 15. The lowest BCUT2D eigenvalue weighted by atomic mass is 10.1. The highest BCUT2D eigenvalue weighted by Gasteiger charge is 2.04. The van der Waals surface area contributed by atoms with Crippen LogP contribution in [0.1, 0.15) is 71.1 Å². The molecule has 0 aliphatic heterocycles. The molecule has 3 N–H and O–H groups in total. The number of thioether (sulfide) groups is 1. The Kier molecular flexibility index (Phi) is 13.3. The second-order valence-corrected chi connectivity index (χ2v) is 7.79. The Bertz CT molecular complexity index is 535. The number of carbonyl (C=O) groups is 2. The van der Waals surface area contributed by atoms with E-state index in [0.717, 1.165) is 17.7 Å². The van der Waals surface area contributed by atoms with Gasteiger partial charge in [-0.2, -0.15) is 0 Å². The quantitative estimate of drug-likeness (QED) is 0.231. The molecule has 0 aliphatic rings. The summed E-state index contributed by atoms with van der Waals surface area (Å²) in [6.07, 6.45) is 11.6. The largest absolute Gasteiger partial charge is 0.508 e. The lowest BCUT2D eigenvalue weighted by molar-refractivity contribution is -0.122. The maximum atomic E-state index is 11.8. The lowest BCUT2D eigenvalue weighted by Crippen LogP contribution is -2.37. The third-order valence-electron chi connectivity index (χ3n) is 4.29. The van der Waals surface area contributed by atoms with Crippen LogP contribution in [0.15, 0.2) is 29.2 Å². The van der Waals surface area contributed by atoms with E-state index in [1.807, 2.05) is 0 Å². The van der Waals surface area contributed by atoms with Crippen LogP contribution in [0.3, 0.4) is 0 Å². The van der Waals surface area contributed by atoms with Gasteiger partial charge in [0.1, 0.15) is 5.75 Å². The highest BCUT2D eigenvalue weighted by molar-refractivity contribution is 8.00. The van der Waals surface area contributed by atoms with Crippen molar-refractivity contribution in [3.05, 3.63) is 24.3 Å². The van der Waals surface area contributed by atoms with Crippen molar-refractivity contribution < 1.29 is 14.7 Å². The summed E-state index contributed by atoms with van der Waals surface area (Å²) < 4.78 is 0. The van der Waals surface area contributed by atoms with E-state index in [1.165, 1.54) is 56.7 Å². The van der Waals surface area contributed by atoms with Crippen molar-refractivity contribution in [1.82, 2.24) is 10.6 Å². The number of aromatic hydroxyl groups is 1. The molecular formula is C21H34N2O3S. The third kappa shape index (κ3) is 13.2. The molecule has 0 bridgehead atoms. The Morgan fingerprint density at radius 1 is 0.852 bits per heavy atom. The van der Waals surface area contributed by atoms with E-state index in [-0.39, 0.29) is 30.0 Å². The molecule has 0 spiro atoms. The second-order valence-electron chi connectivity index (χ2n) is 6.74. The van der Waals surface area contributed by atoms with Gasteiger partial charge in [-0.25, -0.2) is 0 Å². The molecule has 6 heteroatoms. The van der Waals surface area contributed by atoms with E-state index >= 15 is 0 Å². The minimum Gasteiger partial charge on any atom is -0.508 e. The van der Waals surface area contributed by atoms with Gasteiger partial charge in [-0.05, 0) is 30.7 Å². The predicted molar refractivity (Wildman–Crippen MR) is 112 cm³/mol. The van der Waals surface area contributed by atoms with Crippen molar-refractivity contribution in [3.8, 4) is 5.75 Å². The topological polar surface area (TPSA) is 78.4 Å². The SMILES string of the molecule is CCCCCCCCCCCC(=O)NCNC(=O)CSc1ccc(O)cc1. The predicted octanol–water partition coefficient (Wildman–Crippen LogP) is 4.60. The fraction of sp³-hybridized carbons (Fsp3) is 0.619. The van der Waals surface area contributed by atoms with Gasteiger partial charge in [0, 0.05) is 11.3 Å². The molecule has 1 aromatic rings. The average Bonchev–Trinajstić information content (AvgIpc) is 2.66. The van der Waals surface area contributed by atoms with E-state index < -0.39 is 0 Å². The van der Waals surface area contributed by atoms with Crippen LogP contribution in [0, 0.1) is 0 Å². The molecule has 0 aliphatic carbocycles. The van der Waals surface area contributed by atoms with Gasteiger partial charge in [-0.3, -0.25) is 9.59 Å². The van der Waals surface area contributed by atoms with Gasteiger partial charge in [-0.1, -0.05) is 58.3 Å². The van der Waals surface area contributed by atoms with Crippen molar-refractivity contribution in [2.45, 2.75) is 76.0 Å². The first-order valence-electron chi connectivity index (χ1n) is 10.1. The van der Waals surface area contributed by atoms with Gasteiger partial charge in [-0.15, -0.1) is 11.8 Å². The minimum absolute atomic E-state index is 0.00978. The van der Waals surface area contributed by atoms with Crippen molar-refractivity contribution in [1.29, 1.82) is 0 Å². The molecule has 0 atom stereocenters. The van der Waals surface area contributed by atoms with Crippen LogP contribution in [0.5, 0.6) is 5.75 Å². The van der Waals surface area contributed by atoms with Crippen LogP contribution < -0.4 is 10.6 Å². The van der Waals surface area contributed by atoms with Crippen LogP contribution in [-0.2, 0) is 9.59 Å². The highest BCUT2D eigenvalue weighted by Crippen LogP contribution is 2.20. The molecule has 0 saturated carbocycles. The van der Waals surface area contributed by atoms with Crippen LogP contribution in [0.2, 0.25) is 0 Å². The maximum Gasteiger partial charge on any atom is 0.231 e. The summed E-state index contributed by atoms with van der Waals surface area (Å²) in [6, 6.07) is 6.71. The molecule has 5 nitrogen and oxygen atoms in total. The van der Waals surface area contributed by atoms with Gasteiger partial charge in [0.2, 0.25) is 11.8 Å². The zero-order valence-corrected chi connectivity index (χ0v) is 17.3. The number of phenolic OH excluding ortho intramolecular Hbond substituents is 1. The molecule has 0 unspecified atom stereocenters. The second kappa shape index (κ2) is 15.4. The van der Waals surface area contributed by atoms with Crippen molar-refractivity contribution in [2.75, 3.05) is 12.4 Å². The van der Waals surface area contributed by atoms with Gasteiger partial charge in [0.25, 0.3) is 0 Å². The molecule has 152 valence electrons. The molecule has 2 amide bonds. The van der Waals surface area contributed by atoms with E-state index in [9.17, 15) is 14.7 Å². The Morgan fingerprint density at radius 3 is 2.04 bits per heavy atom. The molecule has 0 heterocycles. The zero-order chi connectivity index (χ0) is 19.7. The number of hydrogen-bond acceptors (Lipinski definition) is 4. The van der Waals surface area contributed by atoms with Crippen LogP contribution in [0.4, 0.5) is 0 Å². The maximum absolute atomic E-state index is 11.8. The molecule has 1 rings (SSSR count). The minimum atomic E-state index is -0.128. The van der Waals surface area contributed by atoms with Gasteiger partial charge >= 0.3 is 0 Å². The highest BCUT2D eigenvalue weighted by atomic mass is 32.2. The Morgan fingerprint density at radius 2 is 1.41 bits per heavy atom. The summed E-state index contributed by atoms with van der Waals surface area (Å²) in [5.41, 5.74) is 0. The van der Waals surface area contributed by atoms with Crippen LogP contribution >= 0.6 is 11.8 Å². The molecule has 0 saturated heterocycles. The number of carbonyl (C=O) groups excluding carboxylic acids is 2. The summed E-state index contributed by atoms with van der Waals surface area (Å²) in [4.78, 5) is 24.4. The normalized spacial score (nSPS) is 10.6. The first-order valence-corrected chi connectivity index (χ1v) is 11.1. The number of amides is 2. The standard InChI is InChI=1S/C21H34N2O3S/c1-2-3-4-5-6-7-8-9-10-11-20(25)22-17-23-21(26)16-27-19-14-12-18(24)13-15-19/h12-15,24H,2-11,16-17H2,1H3,(H,22,25)(H,23,26). The smallest absolute Gasteiger partial charge is 0.231 e. The number of benzene rings is 1. The fourth-order valence-electron chi connectivity index (χ4n) is 2.67. The molecular weight excluding hydrogens is 360 g/mol. The molecule has 27 heavy (non-hydrogen) atoms. The molecule has 0 radical (unpaired) electrons. The van der Waals surface area contributed by atoms with E-state index in [1.54, 1.807) is 24.3 Å². The van der Waals surface area contributed by atoms with Crippen LogP contribution in [0.25, 0.3) is 0 Å². The number of phenols is 1. The third-order valence-corrected chi connectivity index (χ3v) is 5.30. The monoisotopic (exact) mass is 394 g/mol. The van der Waals surface area contributed by atoms with E-state index in [2.05, 4.69) is 17.6 Å². The molecule has 1 aromatic carbocycles. The molecule has 0 fully saturated rings. The number of unbranched alkanes of at least 4 members (excludes halogenated alkanes) is 8. The van der Waals surface area contributed by atoms with Crippen molar-refractivity contribution in [3.63, 3.8) is 0 Å². The summed E-state index contributed by atoms with van der Waals surface area (Å²) in [5, 5.41) is 14.6. The summed E-state index contributed by atoms with van der Waals surface area (Å²) >= 11 is 1.39. The molecule has 0 aromatic heterocycles.